The average Bonchev–Trinajstić information content (AvgIpc) is 2.41. The number of azide groups is 1. The van der Waals surface area contributed by atoms with Crippen molar-refractivity contribution in [2.45, 2.75) is 31.8 Å². The number of carbonyl (C=O) groups excluding carboxylic acids is 1. The molecule has 1 N–H and O–H groups in total. The van der Waals surface area contributed by atoms with Crippen molar-refractivity contribution in [3.63, 3.8) is 0 Å². The molecule has 19 heavy (non-hydrogen) atoms. The quantitative estimate of drug-likeness (QED) is 0.513. The van der Waals surface area contributed by atoms with Crippen LogP contribution >= 0.6 is 11.6 Å². The highest BCUT2D eigenvalue weighted by atomic mass is 35.5. The lowest BCUT2D eigenvalue weighted by atomic mass is 9.81. The molecule has 0 bridgehead atoms. The zero-order chi connectivity index (χ0) is 13.8. The van der Waals surface area contributed by atoms with E-state index in [1.807, 2.05) is 0 Å². The van der Waals surface area contributed by atoms with E-state index >= 15 is 0 Å². The Morgan fingerprint density at radius 3 is 2.95 bits per heavy atom. The van der Waals surface area contributed by atoms with Crippen molar-refractivity contribution in [2.75, 3.05) is 0 Å². The molecule has 0 amide bonds. The zero-order valence-electron chi connectivity index (χ0n) is 10.3. The van der Waals surface area contributed by atoms with E-state index in [1.165, 1.54) is 0 Å². The fourth-order valence-corrected chi connectivity index (χ4v) is 2.64. The smallest absolute Gasteiger partial charge is 0.138 e. The third kappa shape index (κ3) is 3.07. The van der Waals surface area contributed by atoms with Crippen LogP contribution < -0.4 is 0 Å². The Balaban J connectivity index is 2.36. The predicted octanol–water partition coefficient (Wildman–Crippen LogP) is 4.07. The fourth-order valence-electron chi connectivity index (χ4n) is 2.46. The maximum atomic E-state index is 11.9. The second-order valence-corrected chi connectivity index (χ2v) is 5.09. The maximum absolute atomic E-state index is 11.9. The van der Waals surface area contributed by atoms with Crippen molar-refractivity contribution >= 4 is 23.1 Å². The number of halogens is 1. The van der Waals surface area contributed by atoms with Crippen molar-refractivity contribution in [1.82, 2.24) is 0 Å². The fraction of sp³-hybridized carbons (Fsp3) is 0.462. The number of benzene rings is 1. The molecule has 5 nitrogen and oxygen atoms in total. The van der Waals surface area contributed by atoms with Gasteiger partial charge >= 0.3 is 0 Å². The summed E-state index contributed by atoms with van der Waals surface area (Å²) in [6.07, 6.45) is 1.99. The predicted molar refractivity (Wildman–Crippen MR) is 72.2 cm³/mol. The molecule has 0 heterocycles. The normalized spacial score (nSPS) is 20.7. The molecule has 1 saturated carbocycles. The molecular weight excluding hydrogens is 266 g/mol. The van der Waals surface area contributed by atoms with E-state index < -0.39 is 12.0 Å². The molecule has 1 aromatic rings. The lowest BCUT2D eigenvalue weighted by Gasteiger charge is -2.26. The van der Waals surface area contributed by atoms with E-state index in [-0.39, 0.29) is 5.78 Å². The van der Waals surface area contributed by atoms with Crippen LogP contribution in [0.25, 0.3) is 10.4 Å². The summed E-state index contributed by atoms with van der Waals surface area (Å²) in [5.74, 6) is -0.370. The molecular formula is C13H14ClN3O2. The van der Waals surface area contributed by atoms with Gasteiger partial charge in [-0.3, -0.25) is 4.79 Å². The first-order valence-corrected chi connectivity index (χ1v) is 6.56. The van der Waals surface area contributed by atoms with E-state index in [1.54, 1.807) is 18.2 Å². The summed E-state index contributed by atoms with van der Waals surface area (Å²) in [7, 11) is 0. The SMILES string of the molecule is [N-]=[N+]=Nc1ccc(Cl)cc1[C@H](O)[C@@H]1CCCCC1=O. The van der Waals surface area contributed by atoms with Crippen LogP contribution in [0.4, 0.5) is 5.69 Å². The Hall–Kier alpha value is -1.55. The molecule has 1 aromatic carbocycles. The molecule has 0 radical (unpaired) electrons. The first kappa shape index (κ1) is 13.9. The number of aliphatic hydroxyl groups is 1. The molecule has 100 valence electrons. The highest BCUT2D eigenvalue weighted by molar-refractivity contribution is 6.30. The summed E-state index contributed by atoms with van der Waals surface area (Å²) in [4.78, 5) is 14.6. The summed E-state index contributed by atoms with van der Waals surface area (Å²) in [6, 6.07) is 4.69. The van der Waals surface area contributed by atoms with Crippen LogP contribution in [0.2, 0.25) is 5.02 Å². The first-order valence-electron chi connectivity index (χ1n) is 6.19. The van der Waals surface area contributed by atoms with Gasteiger partial charge in [-0.15, -0.1) is 0 Å². The molecule has 2 atom stereocenters. The number of hydrogen-bond acceptors (Lipinski definition) is 3. The highest BCUT2D eigenvalue weighted by Gasteiger charge is 2.31. The van der Waals surface area contributed by atoms with Crippen molar-refractivity contribution in [3.05, 3.63) is 39.2 Å². The number of ketones is 1. The van der Waals surface area contributed by atoms with Gasteiger partial charge in [0, 0.05) is 28.0 Å². The van der Waals surface area contributed by atoms with Gasteiger partial charge < -0.3 is 5.11 Å². The summed E-state index contributed by atoms with van der Waals surface area (Å²) >= 11 is 5.91. The van der Waals surface area contributed by atoms with Gasteiger partial charge in [-0.1, -0.05) is 29.2 Å². The van der Waals surface area contributed by atoms with E-state index in [2.05, 4.69) is 10.0 Å². The second kappa shape index (κ2) is 6.06. The Labute approximate surface area is 115 Å². The Kier molecular flexibility index (Phi) is 4.43. The second-order valence-electron chi connectivity index (χ2n) is 4.66. The van der Waals surface area contributed by atoms with Crippen LogP contribution in [0.5, 0.6) is 0 Å². The molecule has 0 aliphatic heterocycles. The van der Waals surface area contributed by atoms with Gasteiger partial charge in [0.05, 0.1) is 6.10 Å². The zero-order valence-corrected chi connectivity index (χ0v) is 11.0. The molecule has 0 saturated heterocycles. The first-order chi connectivity index (χ1) is 9.13. The summed E-state index contributed by atoms with van der Waals surface area (Å²) in [6.45, 7) is 0. The van der Waals surface area contributed by atoms with Crippen LogP contribution in [0, 0.1) is 5.92 Å². The molecule has 0 spiro atoms. The Bertz CT molecular complexity index is 541. The van der Waals surface area contributed by atoms with Crippen LogP contribution in [0.1, 0.15) is 37.4 Å². The minimum atomic E-state index is -0.966. The van der Waals surface area contributed by atoms with Crippen molar-refractivity contribution in [3.8, 4) is 0 Å². The third-order valence-corrected chi connectivity index (χ3v) is 3.68. The largest absolute Gasteiger partial charge is 0.388 e. The van der Waals surface area contributed by atoms with Gasteiger partial charge in [0.2, 0.25) is 0 Å². The molecule has 6 heteroatoms. The lowest BCUT2D eigenvalue weighted by molar-refractivity contribution is -0.128. The molecule has 1 fully saturated rings. The number of carbonyl (C=O) groups is 1. The number of rotatable bonds is 3. The number of Topliss-reactive ketones (excluding diaryl/α,β-unsaturated/α-hetero) is 1. The van der Waals surface area contributed by atoms with E-state index in [0.29, 0.717) is 29.1 Å². The van der Waals surface area contributed by atoms with Crippen molar-refractivity contribution in [2.24, 2.45) is 11.0 Å². The molecule has 2 rings (SSSR count). The molecule has 1 aliphatic carbocycles. The number of hydrogen-bond donors (Lipinski definition) is 1. The third-order valence-electron chi connectivity index (χ3n) is 3.44. The summed E-state index contributed by atoms with van der Waals surface area (Å²) < 4.78 is 0. The van der Waals surface area contributed by atoms with Gasteiger partial charge in [0.25, 0.3) is 0 Å². The van der Waals surface area contributed by atoms with Gasteiger partial charge in [0.1, 0.15) is 5.78 Å². The molecule has 0 unspecified atom stereocenters. The van der Waals surface area contributed by atoms with Crippen molar-refractivity contribution in [1.29, 1.82) is 0 Å². The Morgan fingerprint density at radius 1 is 1.47 bits per heavy atom. The minimum Gasteiger partial charge on any atom is -0.388 e. The number of aliphatic hydroxyl groups excluding tert-OH is 1. The van der Waals surface area contributed by atoms with Crippen LogP contribution in [0.3, 0.4) is 0 Å². The van der Waals surface area contributed by atoms with E-state index in [0.717, 1.165) is 12.8 Å². The van der Waals surface area contributed by atoms with Gasteiger partial charge in [-0.05, 0) is 36.1 Å². The highest BCUT2D eigenvalue weighted by Crippen LogP contribution is 2.37. The van der Waals surface area contributed by atoms with E-state index in [4.69, 9.17) is 17.1 Å². The van der Waals surface area contributed by atoms with Crippen LogP contribution in [0.15, 0.2) is 23.3 Å². The molecule has 1 aliphatic rings. The van der Waals surface area contributed by atoms with Gasteiger partial charge in [-0.25, -0.2) is 0 Å². The number of nitrogens with zero attached hydrogens (tertiary/aromatic N) is 3. The maximum Gasteiger partial charge on any atom is 0.138 e. The lowest BCUT2D eigenvalue weighted by Crippen LogP contribution is -2.25. The van der Waals surface area contributed by atoms with Crippen LogP contribution in [-0.4, -0.2) is 10.9 Å². The standard InChI is InChI=1S/C13H14ClN3O2/c14-8-5-6-11(16-17-15)10(7-8)13(19)9-3-1-2-4-12(9)18/h5-7,9,13,19H,1-4H2/t9-,13-/m1/s1. The average molecular weight is 280 g/mol. The van der Waals surface area contributed by atoms with Crippen LogP contribution in [-0.2, 0) is 4.79 Å². The summed E-state index contributed by atoms with van der Waals surface area (Å²) in [5, 5.41) is 14.4. The van der Waals surface area contributed by atoms with Crippen molar-refractivity contribution < 1.29 is 9.90 Å². The van der Waals surface area contributed by atoms with Gasteiger partial charge in [0.15, 0.2) is 0 Å². The monoisotopic (exact) mass is 279 g/mol. The molecule has 0 aromatic heterocycles. The summed E-state index contributed by atoms with van der Waals surface area (Å²) in [5.41, 5.74) is 9.27. The Morgan fingerprint density at radius 2 is 2.26 bits per heavy atom. The topological polar surface area (TPSA) is 86.1 Å². The van der Waals surface area contributed by atoms with Gasteiger partial charge in [-0.2, -0.15) is 0 Å². The minimum absolute atomic E-state index is 0.0608. The van der Waals surface area contributed by atoms with E-state index in [9.17, 15) is 9.90 Å².